The zero-order valence-corrected chi connectivity index (χ0v) is 13.8. The highest BCUT2D eigenvalue weighted by Crippen LogP contribution is 2.26. The van der Waals surface area contributed by atoms with E-state index in [0.29, 0.717) is 0 Å². The van der Waals surface area contributed by atoms with Gasteiger partial charge in [-0.1, -0.05) is 0 Å². The third kappa shape index (κ3) is 6.20. The topological polar surface area (TPSA) is 130 Å². The first-order chi connectivity index (χ1) is 10.6. The predicted molar refractivity (Wildman–Crippen MR) is 80.2 cm³/mol. The second-order valence-electron chi connectivity index (χ2n) is 5.48. The summed E-state index contributed by atoms with van der Waals surface area (Å²) in [5.74, 6) is 0. The number of aliphatic hydroxyl groups excluding tert-OH is 1. The Morgan fingerprint density at radius 3 is 2.48 bits per heavy atom. The van der Waals surface area contributed by atoms with Gasteiger partial charge in [0.1, 0.15) is 13.1 Å². The Bertz CT molecular complexity index is 662. The van der Waals surface area contributed by atoms with E-state index in [1.165, 1.54) is 0 Å². The lowest BCUT2D eigenvalue weighted by molar-refractivity contribution is -0.924. The number of nitro groups is 1. The van der Waals surface area contributed by atoms with Crippen molar-refractivity contribution in [2.45, 2.75) is 13.0 Å². The van der Waals surface area contributed by atoms with Gasteiger partial charge in [0.15, 0.2) is 0 Å². The monoisotopic (exact) mass is 348 g/mol. The molecule has 1 heterocycles. The van der Waals surface area contributed by atoms with E-state index in [-0.39, 0.29) is 17.2 Å². The molecule has 0 aromatic heterocycles. The summed E-state index contributed by atoms with van der Waals surface area (Å²) in [6.45, 7) is 2.68. The van der Waals surface area contributed by atoms with E-state index in [9.17, 15) is 23.1 Å². The summed E-state index contributed by atoms with van der Waals surface area (Å²) in [6, 6.07) is 5.09. The maximum atomic E-state index is 10.7. The number of aliphatic hydroxyl groups is 1. The van der Waals surface area contributed by atoms with Crippen molar-refractivity contribution < 1.29 is 31.7 Å². The number of non-ortho nitro benzene ring substituents is 1. The normalized spacial score (nSPS) is 20.2. The maximum absolute atomic E-state index is 10.7. The van der Waals surface area contributed by atoms with E-state index in [0.717, 1.165) is 48.8 Å². The number of nitrogens with zero attached hydrogens (tertiary/aromatic N) is 2. The van der Waals surface area contributed by atoms with Gasteiger partial charge in [-0.05, 0) is 11.6 Å². The predicted octanol–water partition coefficient (Wildman–Crippen LogP) is 0.183. The zero-order chi connectivity index (χ0) is 17.7. The second kappa shape index (κ2) is 7.79. The van der Waals surface area contributed by atoms with Crippen molar-refractivity contribution in [3.63, 3.8) is 0 Å². The van der Waals surface area contributed by atoms with Gasteiger partial charge >= 0.3 is 0 Å². The number of benzene rings is 1. The Morgan fingerprint density at radius 1 is 1.39 bits per heavy atom. The van der Waals surface area contributed by atoms with E-state index in [2.05, 4.69) is 11.2 Å². The van der Waals surface area contributed by atoms with Crippen LogP contribution in [-0.4, -0.2) is 61.3 Å². The number of hydrogen-bond acceptors (Lipinski definition) is 7. The summed E-state index contributed by atoms with van der Waals surface area (Å²) < 4.78 is 31.8. The zero-order valence-electron chi connectivity index (χ0n) is 13.0. The lowest BCUT2D eigenvalue weighted by Gasteiger charge is -2.38. The van der Waals surface area contributed by atoms with Crippen molar-refractivity contribution >= 4 is 16.1 Å². The Kier molecular flexibility index (Phi) is 6.59. The highest BCUT2D eigenvalue weighted by atomic mass is 32.3. The molecule has 1 aliphatic heterocycles. The van der Waals surface area contributed by atoms with E-state index in [1.54, 1.807) is 12.1 Å². The van der Waals surface area contributed by atoms with Crippen LogP contribution in [0.2, 0.25) is 0 Å². The maximum Gasteiger partial charge on any atom is 0.269 e. The molecule has 1 aromatic carbocycles. The molecule has 2 rings (SSSR count). The molecule has 1 unspecified atom stereocenters. The number of rotatable bonds is 4. The van der Waals surface area contributed by atoms with Gasteiger partial charge in [-0.25, -0.2) is 8.42 Å². The van der Waals surface area contributed by atoms with Gasteiger partial charge in [0.2, 0.25) is 10.4 Å². The fourth-order valence-corrected chi connectivity index (χ4v) is 2.43. The number of fused-ring (bicyclic) bond motifs is 1. The van der Waals surface area contributed by atoms with Gasteiger partial charge in [-0.2, -0.15) is 0 Å². The van der Waals surface area contributed by atoms with Gasteiger partial charge in [0.05, 0.1) is 32.2 Å². The summed E-state index contributed by atoms with van der Waals surface area (Å²) in [4.78, 5) is 10.3. The molecule has 0 amide bonds. The lowest BCUT2D eigenvalue weighted by atomic mass is 9.97. The standard InChI is InChI=1S/C12H17N2O3.CH4O4S/c1-14(6-7-15)5-4-10-8-12(13(16)17)3-2-11(10)9-14;1-5-6(2,3)4/h2-3,8,15H,4-7,9H2,1H3;1H3,(H,2,3,4)/q+1;/p-1. The van der Waals surface area contributed by atoms with Gasteiger partial charge < -0.3 is 14.1 Å². The molecule has 0 fully saturated rings. The van der Waals surface area contributed by atoms with Crippen LogP contribution in [0.5, 0.6) is 0 Å². The molecule has 23 heavy (non-hydrogen) atoms. The number of nitro benzene ring substituents is 1. The van der Waals surface area contributed by atoms with Crippen molar-refractivity contribution in [1.29, 1.82) is 0 Å². The summed E-state index contributed by atoms with van der Waals surface area (Å²) in [7, 11) is -1.49. The fourth-order valence-electron chi connectivity index (χ4n) is 2.43. The molecule has 0 saturated carbocycles. The van der Waals surface area contributed by atoms with Crippen LogP contribution in [0.25, 0.3) is 0 Å². The highest BCUT2D eigenvalue weighted by molar-refractivity contribution is 7.80. The van der Waals surface area contributed by atoms with Crippen LogP contribution in [-0.2, 0) is 27.5 Å². The molecule has 1 N–H and O–H groups in total. The average molecular weight is 348 g/mol. The first-order valence-corrected chi connectivity index (χ1v) is 8.15. The molecule has 1 atom stereocenters. The van der Waals surface area contributed by atoms with Gasteiger partial charge in [-0.15, -0.1) is 0 Å². The second-order valence-corrected chi connectivity index (χ2v) is 6.63. The average Bonchev–Trinajstić information content (AvgIpc) is 2.46. The molecule has 1 aliphatic rings. The molecular weight excluding hydrogens is 328 g/mol. The third-order valence-corrected chi connectivity index (χ3v) is 4.13. The summed E-state index contributed by atoms with van der Waals surface area (Å²) in [5.41, 5.74) is 2.41. The first kappa shape index (κ1) is 19.5. The van der Waals surface area contributed by atoms with Crippen LogP contribution in [0.15, 0.2) is 18.2 Å². The van der Waals surface area contributed by atoms with Crippen LogP contribution < -0.4 is 0 Å². The van der Waals surface area contributed by atoms with Crippen LogP contribution in [0.3, 0.4) is 0 Å². The summed E-state index contributed by atoms with van der Waals surface area (Å²) in [5, 5.41) is 19.7. The third-order valence-electron chi connectivity index (χ3n) is 3.72. The van der Waals surface area contributed by atoms with Crippen LogP contribution in [0.1, 0.15) is 11.1 Å². The number of hydrogen-bond donors (Lipinski definition) is 1. The quantitative estimate of drug-likeness (QED) is 0.270. The molecule has 9 nitrogen and oxygen atoms in total. The molecular formula is C13H20N2O7S. The van der Waals surface area contributed by atoms with Crippen molar-refractivity contribution in [2.75, 3.05) is 33.9 Å². The molecule has 0 aliphatic carbocycles. The Labute approximate surface area is 134 Å². The van der Waals surface area contributed by atoms with E-state index in [4.69, 9.17) is 5.11 Å². The minimum atomic E-state index is -4.41. The van der Waals surface area contributed by atoms with E-state index in [1.807, 2.05) is 6.07 Å². The van der Waals surface area contributed by atoms with Crippen LogP contribution in [0.4, 0.5) is 5.69 Å². The van der Waals surface area contributed by atoms with Gasteiger partial charge in [0, 0.05) is 24.1 Å². The smallest absolute Gasteiger partial charge is 0.269 e. The summed E-state index contributed by atoms with van der Waals surface area (Å²) >= 11 is 0. The molecule has 0 saturated heterocycles. The summed E-state index contributed by atoms with van der Waals surface area (Å²) in [6.07, 6.45) is 0.841. The highest BCUT2D eigenvalue weighted by Gasteiger charge is 2.28. The number of quaternary nitrogens is 1. The largest absolute Gasteiger partial charge is 0.726 e. The Morgan fingerprint density at radius 2 is 2.00 bits per heavy atom. The molecule has 0 radical (unpaired) electrons. The van der Waals surface area contributed by atoms with E-state index < -0.39 is 10.4 Å². The minimum Gasteiger partial charge on any atom is -0.726 e. The molecule has 1 aromatic rings. The fraction of sp³-hybridized carbons (Fsp3) is 0.538. The van der Waals surface area contributed by atoms with Crippen molar-refractivity contribution in [2.24, 2.45) is 0 Å². The number of likely N-dealkylation sites (N-methyl/N-ethyl adjacent to an activating group) is 1. The van der Waals surface area contributed by atoms with E-state index >= 15 is 0 Å². The van der Waals surface area contributed by atoms with Crippen LogP contribution in [0, 0.1) is 10.1 Å². The molecule has 0 bridgehead atoms. The molecule has 0 spiro atoms. The lowest BCUT2D eigenvalue weighted by Crippen LogP contribution is -2.49. The Hall–Kier alpha value is -1.59. The molecule has 130 valence electrons. The van der Waals surface area contributed by atoms with Gasteiger partial charge in [-0.3, -0.25) is 14.3 Å². The first-order valence-electron chi connectivity index (χ1n) is 6.82. The van der Waals surface area contributed by atoms with Crippen molar-refractivity contribution in [3.8, 4) is 0 Å². The van der Waals surface area contributed by atoms with Crippen molar-refractivity contribution in [1.82, 2.24) is 0 Å². The SMILES string of the molecule is COS(=O)(=O)[O-].C[N+]1(CCO)CCc2cc([N+](=O)[O-])ccc2C1. The van der Waals surface area contributed by atoms with Crippen LogP contribution >= 0.6 is 0 Å². The van der Waals surface area contributed by atoms with Gasteiger partial charge in [0.25, 0.3) is 5.69 Å². The Balaban J connectivity index is 0.000000379. The van der Waals surface area contributed by atoms with Crippen molar-refractivity contribution in [3.05, 3.63) is 39.4 Å². The molecule has 10 heteroatoms. The minimum absolute atomic E-state index is 0.169.